The van der Waals surface area contributed by atoms with Crippen LogP contribution in [0.1, 0.15) is 57.7 Å². The monoisotopic (exact) mass is 316 g/mol. The van der Waals surface area contributed by atoms with E-state index in [-0.39, 0.29) is 5.41 Å². The smallest absolute Gasteiger partial charge is 0.0161 e. The van der Waals surface area contributed by atoms with Crippen molar-refractivity contribution in [3.8, 4) is 0 Å². The van der Waals surface area contributed by atoms with E-state index in [1.165, 1.54) is 22.3 Å². The third-order valence-corrected chi connectivity index (χ3v) is 5.31. The topological polar surface area (TPSA) is 0 Å². The van der Waals surface area contributed by atoms with Gasteiger partial charge in [-0.3, -0.25) is 0 Å². The first-order valence-electron chi connectivity index (χ1n) is 9.21. The Labute approximate surface area is 146 Å². The maximum absolute atomic E-state index is 2.45. The van der Waals surface area contributed by atoms with Gasteiger partial charge in [-0.05, 0) is 45.7 Å². The highest BCUT2D eigenvalue weighted by Gasteiger charge is 2.41. The lowest BCUT2D eigenvalue weighted by atomic mass is 9.73. The molecule has 4 rings (SSSR count). The molecule has 24 heavy (non-hydrogen) atoms. The van der Waals surface area contributed by atoms with E-state index in [1.807, 2.05) is 13.8 Å². The second kappa shape index (κ2) is 6.43. The highest BCUT2D eigenvalue weighted by Crippen LogP contribution is 2.55. The van der Waals surface area contributed by atoms with Crippen LogP contribution in [0.3, 0.4) is 0 Å². The van der Waals surface area contributed by atoms with Crippen LogP contribution in [0.4, 0.5) is 0 Å². The SMILES string of the molecule is CC.CC1CC=C(c2ccccc2)C2=C1c1ccccc1C2(C)C. The average molecular weight is 316 g/mol. The molecule has 2 aromatic carbocycles. The van der Waals surface area contributed by atoms with Crippen LogP contribution in [0.2, 0.25) is 0 Å². The number of rotatable bonds is 1. The minimum absolute atomic E-state index is 0.0856. The fourth-order valence-corrected chi connectivity index (χ4v) is 4.26. The second-order valence-corrected chi connectivity index (χ2v) is 7.08. The summed E-state index contributed by atoms with van der Waals surface area (Å²) < 4.78 is 0. The van der Waals surface area contributed by atoms with E-state index in [4.69, 9.17) is 0 Å². The number of hydrogen-bond donors (Lipinski definition) is 0. The average Bonchev–Trinajstić information content (AvgIpc) is 2.87. The molecule has 0 amide bonds. The molecule has 0 bridgehead atoms. The zero-order chi connectivity index (χ0) is 17.3. The maximum atomic E-state index is 2.45. The van der Waals surface area contributed by atoms with E-state index >= 15 is 0 Å². The van der Waals surface area contributed by atoms with Crippen LogP contribution in [-0.4, -0.2) is 0 Å². The van der Waals surface area contributed by atoms with E-state index in [0.29, 0.717) is 5.92 Å². The van der Waals surface area contributed by atoms with Gasteiger partial charge in [-0.2, -0.15) is 0 Å². The van der Waals surface area contributed by atoms with Gasteiger partial charge >= 0.3 is 0 Å². The molecule has 0 spiro atoms. The summed E-state index contributed by atoms with van der Waals surface area (Å²) in [5.74, 6) is 0.602. The molecule has 2 aliphatic rings. The molecule has 0 aliphatic heterocycles. The van der Waals surface area contributed by atoms with Crippen LogP contribution < -0.4 is 0 Å². The van der Waals surface area contributed by atoms with Gasteiger partial charge in [-0.1, -0.05) is 95.3 Å². The summed E-state index contributed by atoms with van der Waals surface area (Å²) >= 11 is 0. The molecule has 0 saturated carbocycles. The quantitative estimate of drug-likeness (QED) is 0.538. The Balaban J connectivity index is 0.000000815. The molecule has 1 unspecified atom stereocenters. The van der Waals surface area contributed by atoms with Gasteiger partial charge < -0.3 is 0 Å². The third kappa shape index (κ3) is 2.45. The molecule has 124 valence electrons. The predicted octanol–water partition coefficient (Wildman–Crippen LogP) is 6.88. The van der Waals surface area contributed by atoms with Crippen molar-refractivity contribution in [1.29, 1.82) is 0 Å². The summed E-state index contributed by atoms with van der Waals surface area (Å²) in [6, 6.07) is 19.8. The molecule has 0 heteroatoms. The number of benzene rings is 2. The summed E-state index contributed by atoms with van der Waals surface area (Å²) in [4.78, 5) is 0. The first-order valence-corrected chi connectivity index (χ1v) is 9.21. The van der Waals surface area contributed by atoms with Crippen LogP contribution in [0.25, 0.3) is 11.1 Å². The van der Waals surface area contributed by atoms with Gasteiger partial charge in [0.2, 0.25) is 0 Å². The van der Waals surface area contributed by atoms with Crippen molar-refractivity contribution in [2.24, 2.45) is 5.92 Å². The lowest BCUT2D eigenvalue weighted by Gasteiger charge is -2.30. The first kappa shape index (κ1) is 16.8. The van der Waals surface area contributed by atoms with Crippen molar-refractivity contribution in [2.45, 2.75) is 46.5 Å². The van der Waals surface area contributed by atoms with Gasteiger partial charge in [-0.25, -0.2) is 0 Å². The Bertz CT molecular complexity index is 788. The molecular formula is C24H28. The van der Waals surface area contributed by atoms with Gasteiger partial charge in [0, 0.05) is 5.41 Å². The fourth-order valence-electron chi connectivity index (χ4n) is 4.26. The first-order chi connectivity index (χ1) is 11.6. The van der Waals surface area contributed by atoms with E-state index in [0.717, 1.165) is 6.42 Å². The van der Waals surface area contributed by atoms with Crippen molar-refractivity contribution in [2.75, 3.05) is 0 Å². The Morgan fingerprint density at radius 1 is 0.875 bits per heavy atom. The minimum Gasteiger partial charge on any atom is -0.0757 e. The molecule has 0 radical (unpaired) electrons. The molecule has 0 fully saturated rings. The molecule has 0 saturated heterocycles. The van der Waals surface area contributed by atoms with Crippen molar-refractivity contribution in [3.05, 3.63) is 82.9 Å². The van der Waals surface area contributed by atoms with Crippen molar-refractivity contribution >= 4 is 11.1 Å². The predicted molar refractivity (Wildman–Crippen MR) is 106 cm³/mol. The standard InChI is InChI=1S/C22H22.C2H6/c1-15-13-14-17(16-9-5-4-6-10-16)21-20(15)18-11-7-8-12-19(18)22(21,2)3;1-2/h4-12,14-15H,13H2,1-3H3;1-2H3. The Morgan fingerprint density at radius 2 is 1.50 bits per heavy atom. The number of allylic oxidation sites excluding steroid dienone is 4. The summed E-state index contributed by atoms with van der Waals surface area (Å²) in [6.07, 6.45) is 3.58. The highest BCUT2D eigenvalue weighted by molar-refractivity contribution is 5.98. The van der Waals surface area contributed by atoms with Gasteiger partial charge in [0.1, 0.15) is 0 Å². The zero-order valence-electron chi connectivity index (χ0n) is 15.6. The molecule has 2 aliphatic carbocycles. The summed E-state index contributed by atoms with van der Waals surface area (Å²) in [6.45, 7) is 11.1. The second-order valence-electron chi connectivity index (χ2n) is 7.08. The largest absolute Gasteiger partial charge is 0.0757 e. The maximum Gasteiger partial charge on any atom is 0.0161 e. The van der Waals surface area contributed by atoms with Crippen molar-refractivity contribution in [1.82, 2.24) is 0 Å². The van der Waals surface area contributed by atoms with E-state index in [9.17, 15) is 0 Å². The normalized spacial score (nSPS) is 20.5. The van der Waals surface area contributed by atoms with E-state index in [1.54, 1.807) is 11.1 Å². The van der Waals surface area contributed by atoms with Crippen LogP contribution in [-0.2, 0) is 5.41 Å². The van der Waals surface area contributed by atoms with Crippen LogP contribution >= 0.6 is 0 Å². The minimum atomic E-state index is 0.0856. The number of fused-ring (bicyclic) bond motifs is 2. The van der Waals surface area contributed by atoms with Crippen molar-refractivity contribution < 1.29 is 0 Å². The van der Waals surface area contributed by atoms with Crippen LogP contribution in [0.15, 0.2) is 66.2 Å². The third-order valence-electron chi connectivity index (χ3n) is 5.31. The Morgan fingerprint density at radius 3 is 2.21 bits per heavy atom. The Hall–Kier alpha value is -2.08. The molecule has 1 atom stereocenters. The number of hydrogen-bond acceptors (Lipinski definition) is 0. The summed E-state index contributed by atoms with van der Waals surface area (Å²) in [7, 11) is 0. The van der Waals surface area contributed by atoms with Gasteiger partial charge in [0.25, 0.3) is 0 Å². The van der Waals surface area contributed by atoms with E-state index < -0.39 is 0 Å². The van der Waals surface area contributed by atoms with Gasteiger partial charge in [0.15, 0.2) is 0 Å². The molecule has 0 nitrogen and oxygen atoms in total. The summed E-state index contributed by atoms with van der Waals surface area (Å²) in [5.41, 5.74) is 8.94. The highest BCUT2D eigenvalue weighted by atomic mass is 14.4. The molecule has 0 aromatic heterocycles. The zero-order valence-corrected chi connectivity index (χ0v) is 15.6. The molecular weight excluding hydrogens is 288 g/mol. The Kier molecular flexibility index (Phi) is 4.49. The summed E-state index contributed by atoms with van der Waals surface area (Å²) in [5, 5.41) is 0. The lowest BCUT2D eigenvalue weighted by Crippen LogP contribution is -2.20. The van der Waals surface area contributed by atoms with Gasteiger partial charge in [0.05, 0.1) is 0 Å². The van der Waals surface area contributed by atoms with E-state index in [2.05, 4.69) is 81.4 Å². The van der Waals surface area contributed by atoms with Crippen LogP contribution in [0.5, 0.6) is 0 Å². The fraction of sp³-hybridized carbons (Fsp3) is 0.333. The van der Waals surface area contributed by atoms with Crippen molar-refractivity contribution in [3.63, 3.8) is 0 Å². The van der Waals surface area contributed by atoms with Gasteiger partial charge in [-0.15, -0.1) is 0 Å². The molecule has 2 aromatic rings. The molecule has 0 N–H and O–H groups in total. The van der Waals surface area contributed by atoms with Crippen LogP contribution in [0, 0.1) is 5.92 Å². The lowest BCUT2D eigenvalue weighted by molar-refractivity contribution is 0.648. The molecule has 0 heterocycles.